The molecule has 4 N–H and O–H groups in total. The van der Waals surface area contributed by atoms with Crippen molar-refractivity contribution in [2.75, 3.05) is 23.8 Å². The first kappa shape index (κ1) is 22.6. The van der Waals surface area contributed by atoms with E-state index in [4.69, 9.17) is 4.74 Å². The van der Waals surface area contributed by atoms with Crippen LogP contribution in [0.3, 0.4) is 0 Å². The van der Waals surface area contributed by atoms with Gasteiger partial charge in [-0.3, -0.25) is 14.6 Å². The summed E-state index contributed by atoms with van der Waals surface area (Å²) in [6, 6.07) is 9.89. The zero-order valence-electron chi connectivity index (χ0n) is 18.8. The lowest BCUT2D eigenvalue weighted by molar-refractivity contribution is -0.0224. The summed E-state index contributed by atoms with van der Waals surface area (Å²) >= 11 is 0. The molecule has 1 aliphatic heterocycles. The topological polar surface area (TPSA) is 142 Å². The van der Waals surface area contributed by atoms with Crippen LogP contribution < -0.4 is 10.6 Å². The van der Waals surface area contributed by atoms with E-state index in [1.807, 2.05) is 0 Å². The highest BCUT2D eigenvalue weighted by atomic mass is 16.5. The second-order valence-corrected chi connectivity index (χ2v) is 8.30. The number of rotatable bonds is 7. The Kier molecular flexibility index (Phi) is 6.47. The van der Waals surface area contributed by atoms with Crippen LogP contribution in [0.15, 0.2) is 61.3 Å². The summed E-state index contributed by atoms with van der Waals surface area (Å²) in [6.07, 6.45) is 7.66. The van der Waals surface area contributed by atoms with Gasteiger partial charge in [-0.15, -0.1) is 0 Å². The summed E-state index contributed by atoms with van der Waals surface area (Å²) in [4.78, 5) is 41.5. The number of ketones is 1. The van der Waals surface area contributed by atoms with Crippen LogP contribution in [0.4, 0.5) is 11.5 Å². The zero-order valence-corrected chi connectivity index (χ0v) is 18.8. The van der Waals surface area contributed by atoms with Crippen molar-refractivity contribution in [1.82, 2.24) is 19.9 Å². The minimum atomic E-state index is -0.277. The summed E-state index contributed by atoms with van der Waals surface area (Å²) in [5, 5.41) is 16.0. The number of hydrogen-bond donors (Lipinski definition) is 4. The average Bonchev–Trinajstić information content (AvgIpc) is 3.35. The third kappa shape index (κ3) is 4.88. The number of nitrogens with one attached hydrogen (secondary N) is 3. The largest absolute Gasteiger partial charge is 0.394 e. The molecule has 1 aromatic carbocycles. The Morgan fingerprint density at radius 1 is 1.06 bits per heavy atom. The van der Waals surface area contributed by atoms with Crippen molar-refractivity contribution in [3.63, 3.8) is 0 Å². The normalized spacial score (nSPS) is 17.7. The number of benzene rings is 1. The van der Waals surface area contributed by atoms with Crippen LogP contribution in [0, 0.1) is 0 Å². The Morgan fingerprint density at radius 2 is 1.83 bits per heavy atom. The molecular formula is C25H24N6O4. The number of anilines is 2. The number of H-pyrrole nitrogens is 1. The third-order valence-corrected chi connectivity index (χ3v) is 5.98. The maximum atomic E-state index is 13.4. The molecule has 0 bridgehead atoms. The van der Waals surface area contributed by atoms with Crippen molar-refractivity contribution in [1.29, 1.82) is 0 Å². The molecule has 0 spiro atoms. The molecule has 4 aromatic rings. The van der Waals surface area contributed by atoms with Gasteiger partial charge in [0.1, 0.15) is 17.8 Å². The van der Waals surface area contributed by atoms with Crippen LogP contribution in [0.5, 0.6) is 0 Å². The molecular weight excluding hydrogens is 448 g/mol. The molecule has 10 heteroatoms. The maximum Gasteiger partial charge on any atom is 0.255 e. The molecule has 0 aliphatic carbocycles. The van der Waals surface area contributed by atoms with Crippen LogP contribution >= 0.6 is 0 Å². The predicted octanol–water partition coefficient (Wildman–Crippen LogP) is 2.79. The van der Waals surface area contributed by atoms with E-state index < -0.39 is 0 Å². The van der Waals surface area contributed by atoms with E-state index in [0.717, 1.165) is 12.8 Å². The molecule has 1 fully saturated rings. The van der Waals surface area contributed by atoms with Gasteiger partial charge in [0.2, 0.25) is 0 Å². The number of aliphatic hydroxyl groups excluding tert-OH is 1. The summed E-state index contributed by atoms with van der Waals surface area (Å²) in [6.45, 7) is 0.443. The van der Waals surface area contributed by atoms with Crippen LogP contribution in [-0.4, -0.2) is 62.1 Å². The Bertz CT molecular complexity index is 1330. The monoisotopic (exact) mass is 472 g/mol. The summed E-state index contributed by atoms with van der Waals surface area (Å²) < 4.78 is 5.65. The quantitative estimate of drug-likeness (QED) is 0.301. The molecule has 4 heterocycles. The molecule has 3 aromatic heterocycles. The molecule has 0 saturated carbocycles. The Balaban J connectivity index is 1.35. The molecule has 1 aliphatic rings. The van der Waals surface area contributed by atoms with Gasteiger partial charge in [-0.1, -0.05) is 12.1 Å². The SMILES string of the molecule is O=C(Nc1ccncc1)c1ccc(C(=O)c2c[nH]c3ncnc(N[C@H]4CC[C@H](CO)OC4)c23)cc1. The minimum Gasteiger partial charge on any atom is -0.394 e. The van der Waals surface area contributed by atoms with Crippen LogP contribution in [0.1, 0.15) is 39.1 Å². The first-order valence-corrected chi connectivity index (χ1v) is 11.3. The first-order chi connectivity index (χ1) is 17.1. The molecule has 10 nitrogen and oxygen atoms in total. The van der Waals surface area contributed by atoms with E-state index in [0.29, 0.717) is 45.8 Å². The van der Waals surface area contributed by atoms with Gasteiger partial charge in [-0.05, 0) is 37.1 Å². The molecule has 5 rings (SSSR count). The van der Waals surface area contributed by atoms with Gasteiger partial charge in [-0.25, -0.2) is 9.97 Å². The molecule has 178 valence electrons. The van der Waals surface area contributed by atoms with Gasteiger partial charge in [0.05, 0.1) is 36.3 Å². The van der Waals surface area contributed by atoms with E-state index in [1.54, 1.807) is 55.0 Å². The van der Waals surface area contributed by atoms with E-state index >= 15 is 0 Å². The lowest BCUT2D eigenvalue weighted by atomic mass is 10.0. The standard InChI is InChI=1S/C25H24N6O4/c32-12-19-6-5-18(13-35-19)30-24-21-20(11-27-23(21)28-14-29-24)22(33)15-1-3-16(4-2-15)25(34)31-17-7-9-26-10-8-17/h1-4,7-11,14,18-19,32H,5-6,12-13H2,(H,26,31,34)(H2,27,28,29,30)/t18-,19+/m0/s1. The smallest absolute Gasteiger partial charge is 0.255 e. The number of aromatic nitrogens is 4. The van der Waals surface area contributed by atoms with E-state index in [9.17, 15) is 14.7 Å². The number of ether oxygens (including phenoxy) is 1. The number of aliphatic hydroxyl groups is 1. The maximum absolute atomic E-state index is 13.4. The number of carbonyl (C=O) groups is 2. The number of amides is 1. The van der Waals surface area contributed by atoms with Gasteiger partial charge in [0, 0.05) is 35.4 Å². The number of aromatic amines is 1. The van der Waals surface area contributed by atoms with E-state index in [1.165, 1.54) is 6.33 Å². The van der Waals surface area contributed by atoms with Gasteiger partial charge in [-0.2, -0.15) is 0 Å². The summed E-state index contributed by atoms with van der Waals surface area (Å²) in [7, 11) is 0. The highest BCUT2D eigenvalue weighted by Gasteiger charge is 2.24. The highest BCUT2D eigenvalue weighted by molar-refractivity contribution is 6.18. The fourth-order valence-corrected chi connectivity index (χ4v) is 4.08. The van der Waals surface area contributed by atoms with Crippen molar-refractivity contribution in [2.24, 2.45) is 0 Å². The highest BCUT2D eigenvalue weighted by Crippen LogP contribution is 2.27. The zero-order chi connectivity index (χ0) is 24.2. The van der Waals surface area contributed by atoms with Crippen molar-refractivity contribution >= 4 is 34.2 Å². The fourth-order valence-electron chi connectivity index (χ4n) is 4.08. The predicted molar refractivity (Wildman–Crippen MR) is 129 cm³/mol. The van der Waals surface area contributed by atoms with Gasteiger partial charge in [0.15, 0.2) is 5.78 Å². The van der Waals surface area contributed by atoms with Crippen LogP contribution in [0.25, 0.3) is 11.0 Å². The number of fused-ring (bicyclic) bond motifs is 1. The number of carbonyl (C=O) groups excluding carboxylic acids is 2. The number of pyridine rings is 1. The average molecular weight is 473 g/mol. The Labute approximate surface area is 200 Å². The van der Waals surface area contributed by atoms with Crippen LogP contribution in [-0.2, 0) is 4.74 Å². The Hall–Kier alpha value is -4.15. The molecule has 0 radical (unpaired) electrons. The molecule has 1 amide bonds. The molecule has 2 atom stereocenters. The number of hydrogen-bond acceptors (Lipinski definition) is 8. The lowest BCUT2D eigenvalue weighted by Crippen LogP contribution is -2.36. The van der Waals surface area contributed by atoms with Crippen molar-refractivity contribution < 1.29 is 19.4 Å². The second kappa shape index (κ2) is 10.00. The first-order valence-electron chi connectivity index (χ1n) is 11.3. The second-order valence-electron chi connectivity index (χ2n) is 8.30. The molecule has 1 saturated heterocycles. The van der Waals surface area contributed by atoms with Gasteiger partial charge < -0.3 is 25.5 Å². The van der Waals surface area contributed by atoms with Crippen molar-refractivity contribution in [3.05, 3.63) is 78.0 Å². The third-order valence-electron chi connectivity index (χ3n) is 5.98. The van der Waals surface area contributed by atoms with Crippen LogP contribution in [0.2, 0.25) is 0 Å². The number of nitrogens with zero attached hydrogens (tertiary/aromatic N) is 3. The molecule has 0 unspecified atom stereocenters. The summed E-state index contributed by atoms with van der Waals surface area (Å²) in [5.41, 5.74) is 2.49. The van der Waals surface area contributed by atoms with E-state index in [-0.39, 0.29) is 30.4 Å². The van der Waals surface area contributed by atoms with E-state index in [2.05, 4.69) is 30.6 Å². The fraction of sp³-hybridized carbons (Fsp3) is 0.240. The Morgan fingerprint density at radius 3 is 2.54 bits per heavy atom. The molecule has 35 heavy (non-hydrogen) atoms. The van der Waals surface area contributed by atoms with Gasteiger partial charge in [0.25, 0.3) is 5.91 Å². The van der Waals surface area contributed by atoms with Gasteiger partial charge >= 0.3 is 0 Å². The summed E-state index contributed by atoms with van der Waals surface area (Å²) in [5.74, 6) is 0.0553. The van der Waals surface area contributed by atoms with Crippen molar-refractivity contribution in [3.8, 4) is 0 Å². The van der Waals surface area contributed by atoms with Crippen molar-refractivity contribution in [2.45, 2.75) is 25.0 Å². The minimum absolute atomic E-state index is 0.00508. The lowest BCUT2D eigenvalue weighted by Gasteiger charge is -2.29.